The molecule has 0 aliphatic rings. The number of carbonyl (C=O) groups is 2. The van der Waals surface area contributed by atoms with Gasteiger partial charge in [0.25, 0.3) is 0 Å². The summed E-state index contributed by atoms with van der Waals surface area (Å²) in [6.45, 7) is 2.66. The molecule has 0 bridgehead atoms. The average molecular weight is 160 g/mol. The van der Waals surface area contributed by atoms with Crippen molar-refractivity contribution in [1.29, 1.82) is 0 Å². The van der Waals surface area contributed by atoms with Crippen molar-refractivity contribution >= 4 is 11.8 Å². The van der Waals surface area contributed by atoms with E-state index in [1.807, 2.05) is 0 Å². The highest BCUT2D eigenvalue weighted by Gasteiger charge is 2.09. The number of carbonyl (C=O) groups excluding carboxylic acids is 2. The number of hydrogen-bond donors (Lipinski definition) is 1. The number of Topliss-reactive ketones (excluding diaryl/α,β-unsaturated/α-hetero) is 1. The van der Waals surface area contributed by atoms with Gasteiger partial charge in [-0.1, -0.05) is 0 Å². The van der Waals surface area contributed by atoms with Gasteiger partial charge in [0.1, 0.15) is 6.10 Å². The summed E-state index contributed by atoms with van der Waals surface area (Å²) in [7, 11) is 0. The van der Waals surface area contributed by atoms with Crippen molar-refractivity contribution < 1.29 is 19.4 Å². The summed E-state index contributed by atoms with van der Waals surface area (Å²) in [6, 6.07) is 0. The lowest BCUT2D eigenvalue weighted by Gasteiger charge is -2.05. The van der Waals surface area contributed by atoms with Crippen LogP contribution in [-0.4, -0.2) is 29.6 Å². The highest BCUT2D eigenvalue weighted by atomic mass is 16.5. The molecule has 11 heavy (non-hydrogen) atoms. The maximum absolute atomic E-state index is 10.4. The molecule has 4 nitrogen and oxygen atoms in total. The van der Waals surface area contributed by atoms with Crippen LogP contribution in [0.5, 0.6) is 0 Å². The minimum Gasteiger partial charge on any atom is -0.466 e. The summed E-state index contributed by atoms with van der Waals surface area (Å²) in [6.07, 6.45) is -0.830. The maximum atomic E-state index is 10.4. The molecule has 0 spiro atoms. The van der Waals surface area contributed by atoms with E-state index in [1.165, 1.54) is 13.8 Å². The molecule has 1 unspecified atom stereocenters. The summed E-state index contributed by atoms with van der Waals surface area (Å²) in [5.41, 5.74) is 0. The number of ketones is 1. The molecular formula is C7H12O4. The van der Waals surface area contributed by atoms with Gasteiger partial charge in [-0.15, -0.1) is 0 Å². The molecule has 0 aromatic rings. The first kappa shape index (κ1) is 10.1. The van der Waals surface area contributed by atoms with Crippen molar-refractivity contribution in [2.75, 3.05) is 6.61 Å². The Morgan fingerprint density at radius 2 is 2.00 bits per heavy atom. The Bertz CT molecular complexity index is 153. The van der Waals surface area contributed by atoms with E-state index in [9.17, 15) is 9.59 Å². The second-order valence-corrected chi connectivity index (χ2v) is 2.26. The summed E-state index contributed by atoms with van der Waals surface area (Å²) in [5.74, 6) is -0.710. The van der Waals surface area contributed by atoms with Crippen LogP contribution in [0, 0.1) is 0 Å². The van der Waals surface area contributed by atoms with Crippen LogP contribution < -0.4 is 0 Å². The van der Waals surface area contributed by atoms with Crippen molar-refractivity contribution in [2.24, 2.45) is 0 Å². The number of ether oxygens (including phenoxy) is 1. The van der Waals surface area contributed by atoms with E-state index in [0.717, 1.165) is 0 Å². The van der Waals surface area contributed by atoms with Gasteiger partial charge in [0.2, 0.25) is 0 Å². The maximum Gasteiger partial charge on any atom is 0.302 e. The highest BCUT2D eigenvalue weighted by molar-refractivity contribution is 5.80. The van der Waals surface area contributed by atoms with Gasteiger partial charge in [-0.25, -0.2) is 0 Å². The first-order valence-corrected chi connectivity index (χ1v) is 3.36. The van der Waals surface area contributed by atoms with Crippen LogP contribution in [0.1, 0.15) is 20.3 Å². The second kappa shape index (κ2) is 4.85. The van der Waals surface area contributed by atoms with Gasteiger partial charge in [-0.05, 0) is 6.92 Å². The van der Waals surface area contributed by atoms with Gasteiger partial charge in [0, 0.05) is 13.3 Å². The van der Waals surface area contributed by atoms with Crippen molar-refractivity contribution in [3.63, 3.8) is 0 Å². The molecule has 0 fully saturated rings. The lowest BCUT2D eigenvalue weighted by atomic mass is 10.2. The zero-order chi connectivity index (χ0) is 8.85. The van der Waals surface area contributed by atoms with Crippen LogP contribution >= 0.6 is 0 Å². The largest absolute Gasteiger partial charge is 0.466 e. The smallest absolute Gasteiger partial charge is 0.302 e. The molecular weight excluding hydrogens is 148 g/mol. The van der Waals surface area contributed by atoms with Gasteiger partial charge >= 0.3 is 5.97 Å². The van der Waals surface area contributed by atoms with Gasteiger partial charge in [-0.2, -0.15) is 0 Å². The number of rotatable bonds is 4. The quantitative estimate of drug-likeness (QED) is 0.583. The van der Waals surface area contributed by atoms with E-state index in [2.05, 4.69) is 4.74 Å². The molecule has 0 aliphatic carbocycles. The van der Waals surface area contributed by atoms with Crippen molar-refractivity contribution in [3.05, 3.63) is 0 Å². The molecule has 0 heterocycles. The third kappa shape index (κ3) is 5.54. The van der Waals surface area contributed by atoms with E-state index in [-0.39, 0.29) is 18.8 Å². The minimum atomic E-state index is -1.01. The van der Waals surface area contributed by atoms with Gasteiger partial charge in [0.15, 0.2) is 5.78 Å². The Morgan fingerprint density at radius 1 is 1.45 bits per heavy atom. The topological polar surface area (TPSA) is 63.6 Å². The van der Waals surface area contributed by atoms with Crippen LogP contribution in [0.3, 0.4) is 0 Å². The van der Waals surface area contributed by atoms with Gasteiger partial charge in [-0.3, -0.25) is 9.59 Å². The van der Waals surface area contributed by atoms with Crippen LogP contribution in [-0.2, 0) is 14.3 Å². The van der Waals surface area contributed by atoms with Crippen LogP contribution in [0.2, 0.25) is 0 Å². The van der Waals surface area contributed by atoms with E-state index in [1.54, 1.807) is 0 Å². The molecule has 1 N–H and O–H groups in total. The average Bonchev–Trinajstić information content (AvgIpc) is 1.86. The Labute approximate surface area is 65.2 Å². The molecule has 0 rings (SSSR count). The number of hydrogen-bond acceptors (Lipinski definition) is 4. The third-order valence-electron chi connectivity index (χ3n) is 1.17. The molecule has 0 saturated heterocycles. The molecule has 0 saturated carbocycles. The summed E-state index contributed by atoms with van der Waals surface area (Å²) in [4.78, 5) is 20.6. The lowest BCUT2D eigenvalue weighted by Crippen LogP contribution is -2.19. The predicted molar refractivity (Wildman–Crippen MR) is 37.9 cm³/mol. The zero-order valence-corrected chi connectivity index (χ0v) is 6.66. The first-order chi connectivity index (χ1) is 5.04. The third-order valence-corrected chi connectivity index (χ3v) is 1.17. The Kier molecular flexibility index (Phi) is 4.45. The Morgan fingerprint density at radius 3 is 2.36 bits per heavy atom. The minimum absolute atomic E-state index is 0.0933. The number of aliphatic hydroxyl groups is 1. The monoisotopic (exact) mass is 160 g/mol. The van der Waals surface area contributed by atoms with Crippen molar-refractivity contribution in [3.8, 4) is 0 Å². The standard InChI is InChI=1S/C7H12O4/c1-5(8)7(10)3-4-11-6(2)9/h7,10H,3-4H2,1-2H3. The van der Waals surface area contributed by atoms with E-state index < -0.39 is 12.1 Å². The molecule has 0 radical (unpaired) electrons. The predicted octanol–water partition coefficient (Wildman–Crippen LogP) is -0.111. The zero-order valence-electron chi connectivity index (χ0n) is 6.66. The molecule has 64 valence electrons. The SMILES string of the molecule is CC(=O)OCCC(O)C(C)=O. The normalized spacial score (nSPS) is 12.3. The Balaban J connectivity index is 3.39. The van der Waals surface area contributed by atoms with Crippen LogP contribution in [0.25, 0.3) is 0 Å². The van der Waals surface area contributed by atoms with E-state index >= 15 is 0 Å². The van der Waals surface area contributed by atoms with Crippen LogP contribution in [0.4, 0.5) is 0 Å². The number of esters is 1. The molecule has 1 atom stereocenters. The van der Waals surface area contributed by atoms with Gasteiger partial charge < -0.3 is 9.84 Å². The number of aliphatic hydroxyl groups excluding tert-OH is 1. The van der Waals surface area contributed by atoms with Gasteiger partial charge in [0.05, 0.1) is 6.61 Å². The summed E-state index contributed by atoms with van der Waals surface area (Å²) < 4.78 is 4.51. The summed E-state index contributed by atoms with van der Waals surface area (Å²) >= 11 is 0. The fraction of sp³-hybridized carbons (Fsp3) is 0.714. The molecule has 0 aromatic carbocycles. The lowest BCUT2D eigenvalue weighted by molar-refractivity contribution is -0.142. The molecule has 0 aliphatic heterocycles. The van der Waals surface area contributed by atoms with Crippen LogP contribution in [0.15, 0.2) is 0 Å². The first-order valence-electron chi connectivity index (χ1n) is 3.36. The fourth-order valence-electron chi connectivity index (χ4n) is 0.518. The Hall–Kier alpha value is -0.900. The molecule has 4 heteroatoms. The highest BCUT2D eigenvalue weighted by Crippen LogP contribution is 1.93. The van der Waals surface area contributed by atoms with E-state index in [0.29, 0.717) is 0 Å². The van der Waals surface area contributed by atoms with Crippen molar-refractivity contribution in [1.82, 2.24) is 0 Å². The molecule has 0 aromatic heterocycles. The van der Waals surface area contributed by atoms with Crippen molar-refractivity contribution in [2.45, 2.75) is 26.4 Å². The summed E-state index contributed by atoms with van der Waals surface area (Å²) in [5, 5.41) is 8.90. The molecule has 0 amide bonds. The second-order valence-electron chi connectivity index (χ2n) is 2.26. The fourth-order valence-corrected chi connectivity index (χ4v) is 0.518. The van der Waals surface area contributed by atoms with E-state index in [4.69, 9.17) is 5.11 Å².